The molecule has 11 nitrogen and oxygen atoms in total. The van der Waals surface area contributed by atoms with Crippen LogP contribution in [0.25, 0.3) is 5.76 Å². The first-order valence-corrected chi connectivity index (χ1v) is 10.6. The maximum absolute atomic E-state index is 13.7. The number of carbonyl (C=O) groups is 4. The van der Waals surface area contributed by atoms with E-state index >= 15 is 0 Å². The van der Waals surface area contributed by atoms with Crippen molar-refractivity contribution in [1.29, 1.82) is 0 Å². The Kier molecular flexibility index (Phi) is 5.46. The van der Waals surface area contributed by atoms with Crippen molar-refractivity contribution >= 4 is 46.9 Å². The molecule has 0 aromatic heterocycles. The number of likely N-dealkylation sites (N-methyl/N-ethyl adjacent to an activating group) is 1. The Morgan fingerprint density at radius 1 is 1.29 bits per heavy atom. The molecule has 0 aliphatic heterocycles. The smallest absolute Gasteiger partial charge is 0.255 e. The highest BCUT2D eigenvalue weighted by Crippen LogP contribution is 2.53. The van der Waals surface area contributed by atoms with Gasteiger partial charge in [-0.3, -0.25) is 24.1 Å². The van der Waals surface area contributed by atoms with E-state index in [0.717, 1.165) is 0 Å². The van der Waals surface area contributed by atoms with Crippen LogP contribution in [0, 0.1) is 11.8 Å². The van der Waals surface area contributed by atoms with Crippen LogP contribution in [0.2, 0.25) is 5.02 Å². The number of nitrogens with zero attached hydrogens (tertiary/aromatic N) is 1. The first-order chi connectivity index (χ1) is 15.9. The zero-order chi connectivity index (χ0) is 25.3. The van der Waals surface area contributed by atoms with E-state index in [1.54, 1.807) is 0 Å². The second kappa shape index (κ2) is 7.83. The molecule has 1 aromatic carbocycles. The molecular weight excluding hydrogens is 470 g/mol. The lowest BCUT2D eigenvalue weighted by Gasteiger charge is -2.50. The predicted octanol–water partition coefficient (Wildman–Crippen LogP) is 0.186. The number of Topliss-reactive ketones (excluding diaryl/α,β-unsaturated/α-hetero) is 2. The number of hydrogen-bond donors (Lipinski definition) is 6. The molecule has 12 heteroatoms. The minimum absolute atomic E-state index is 0.00364. The summed E-state index contributed by atoms with van der Waals surface area (Å²) in [5, 5.41) is 46.2. The Labute approximate surface area is 198 Å². The topological polar surface area (TPSA) is 190 Å². The summed E-state index contributed by atoms with van der Waals surface area (Å²) >= 11 is 6.16. The van der Waals surface area contributed by atoms with Gasteiger partial charge in [-0.2, -0.15) is 0 Å². The van der Waals surface area contributed by atoms with E-state index in [2.05, 4.69) is 5.32 Å². The number of nitrogens with two attached hydrogens (primary N) is 1. The van der Waals surface area contributed by atoms with Crippen molar-refractivity contribution in [3.8, 4) is 5.75 Å². The molecule has 4 atom stereocenters. The number of halogens is 1. The third kappa shape index (κ3) is 2.97. The van der Waals surface area contributed by atoms with Crippen molar-refractivity contribution < 1.29 is 39.6 Å². The molecule has 0 spiro atoms. The first-order valence-electron chi connectivity index (χ1n) is 10.3. The molecule has 1 fully saturated rings. The van der Waals surface area contributed by atoms with Crippen LogP contribution < -0.4 is 11.1 Å². The van der Waals surface area contributed by atoms with Gasteiger partial charge in [0, 0.05) is 11.5 Å². The van der Waals surface area contributed by atoms with Gasteiger partial charge in [-0.25, -0.2) is 0 Å². The van der Waals surface area contributed by atoms with Crippen LogP contribution in [0.1, 0.15) is 17.5 Å². The lowest BCUT2D eigenvalue weighted by molar-refractivity contribution is -0.153. The number of carbonyl (C=O) groups excluding carboxylic acids is 4. The number of nitrogens with one attached hydrogen (secondary N) is 1. The van der Waals surface area contributed by atoms with Gasteiger partial charge in [0.25, 0.3) is 5.91 Å². The van der Waals surface area contributed by atoms with E-state index in [4.69, 9.17) is 17.3 Å². The molecule has 1 aromatic rings. The van der Waals surface area contributed by atoms with Crippen LogP contribution in [0.3, 0.4) is 0 Å². The lowest BCUT2D eigenvalue weighted by Crippen LogP contribution is -2.65. The van der Waals surface area contributed by atoms with Gasteiger partial charge in [0.05, 0.1) is 16.6 Å². The van der Waals surface area contributed by atoms with Gasteiger partial charge in [0.1, 0.15) is 22.8 Å². The number of ketones is 2. The summed E-state index contributed by atoms with van der Waals surface area (Å²) in [7, 11) is 3.04. The SMILES string of the molecule is CN(C)C1C(=O)C(C(N)=O)=C(O)C2(O)C(=O)C3=C(O)c4c(cc(Cl)c(NC=O)c4O)CC3CC12. The number of primary amides is 1. The average Bonchev–Trinajstić information content (AvgIpc) is 2.73. The number of aromatic hydroxyl groups is 1. The Morgan fingerprint density at radius 3 is 2.50 bits per heavy atom. The summed E-state index contributed by atoms with van der Waals surface area (Å²) in [5.74, 6) is -7.52. The highest BCUT2D eigenvalue weighted by molar-refractivity contribution is 6.34. The van der Waals surface area contributed by atoms with Crippen LogP contribution in [0.15, 0.2) is 23.0 Å². The molecule has 0 saturated heterocycles. The maximum atomic E-state index is 13.7. The average molecular weight is 492 g/mol. The summed E-state index contributed by atoms with van der Waals surface area (Å²) < 4.78 is 0. The van der Waals surface area contributed by atoms with E-state index in [9.17, 15) is 39.6 Å². The first kappa shape index (κ1) is 23.7. The van der Waals surface area contributed by atoms with Crippen molar-refractivity contribution in [3.63, 3.8) is 0 Å². The molecule has 4 rings (SSSR count). The van der Waals surface area contributed by atoms with Crippen molar-refractivity contribution in [1.82, 2.24) is 4.90 Å². The number of aliphatic hydroxyl groups excluding tert-OH is 2. The molecule has 0 bridgehead atoms. The fourth-order valence-corrected chi connectivity index (χ4v) is 5.74. The fourth-order valence-electron chi connectivity index (χ4n) is 5.46. The fraction of sp³-hybridized carbons (Fsp3) is 0.364. The highest BCUT2D eigenvalue weighted by atomic mass is 35.5. The highest BCUT2D eigenvalue weighted by Gasteiger charge is 2.64. The Bertz CT molecular complexity index is 1240. The Morgan fingerprint density at radius 2 is 1.94 bits per heavy atom. The summed E-state index contributed by atoms with van der Waals surface area (Å²) in [4.78, 5) is 50.9. The van der Waals surface area contributed by atoms with Gasteiger partial charge in [-0.15, -0.1) is 0 Å². The maximum Gasteiger partial charge on any atom is 0.255 e. The number of fused-ring (bicyclic) bond motifs is 3. The number of rotatable bonds is 4. The van der Waals surface area contributed by atoms with E-state index in [1.807, 2.05) is 0 Å². The third-order valence-corrected chi connectivity index (χ3v) is 7.16. The van der Waals surface area contributed by atoms with Gasteiger partial charge in [-0.1, -0.05) is 11.6 Å². The summed E-state index contributed by atoms with van der Waals surface area (Å²) in [6.45, 7) is 0. The summed E-state index contributed by atoms with van der Waals surface area (Å²) in [5.41, 5.74) is 1.43. The minimum Gasteiger partial charge on any atom is -0.508 e. The molecule has 0 heterocycles. The van der Waals surface area contributed by atoms with Crippen LogP contribution >= 0.6 is 11.6 Å². The van der Waals surface area contributed by atoms with Gasteiger partial charge in [0.2, 0.25) is 12.2 Å². The van der Waals surface area contributed by atoms with Crippen LogP contribution in [0.4, 0.5) is 5.69 Å². The van der Waals surface area contributed by atoms with Crippen molar-refractivity contribution in [3.05, 3.63) is 39.1 Å². The van der Waals surface area contributed by atoms with Gasteiger partial charge >= 0.3 is 0 Å². The molecule has 3 aliphatic carbocycles. The monoisotopic (exact) mass is 491 g/mol. The zero-order valence-electron chi connectivity index (χ0n) is 18.1. The van der Waals surface area contributed by atoms with E-state index in [0.29, 0.717) is 5.56 Å². The number of amides is 2. The third-order valence-electron chi connectivity index (χ3n) is 6.87. The summed E-state index contributed by atoms with van der Waals surface area (Å²) in [6.07, 6.45) is 0.346. The number of hydrogen-bond acceptors (Lipinski definition) is 9. The molecular formula is C22H22ClN3O8. The second-order valence-electron chi connectivity index (χ2n) is 8.84. The molecule has 2 amide bonds. The molecule has 0 radical (unpaired) electrons. The Hall–Kier alpha value is -3.41. The van der Waals surface area contributed by atoms with Crippen molar-refractivity contribution in [2.45, 2.75) is 24.5 Å². The molecule has 7 N–H and O–H groups in total. The molecule has 180 valence electrons. The largest absolute Gasteiger partial charge is 0.508 e. The van der Waals surface area contributed by atoms with Gasteiger partial charge < -0.3 is 31.5 Å². The summed E-state index contributed by atoms with van der Waals surface area (Å²) in [6, 6.07) is 0.271. The van der Waals surface area contributed by atoms with Crippen molar-refractivity contribution in [2.75, 3.05) is 19.4 Å². The number of aliphatic hydroxyl groups is 3. The van der Waals surface area contributed by atoms with E-state index < -0.39 is 63.8 Å². The van der Waals surface area contributed by atoms with Crippen molar-refractivity contribution in [2.24, 2.45) is 17.6 Å². The lowest BCUT2D eigenvalue weighted by atomic mass is 9.57. The second-order valence-corrected chi connectivity index (χ2v) is 9.25. The number of phenols is 1. The molecule has 1 saturated carbocycles. The van der Waals surface area contributed by atoms with Crippen LogP contribution in [-0.4, -0.2) is 74.9 Å². The van der Waals surface area contributed by atoms with Crippen LogP contribution in [-0.2, 0) is 25.6 Å². The standard InChI is InChI=1S/C22H22ClN3O8/c1-26(2)15-9-4-7-3-8-5-10(23)14(25-6-27)17(29)11(8)16(28)12(7)19(31)22(9,34)20(32)13(18(15)30)21(24)33/h5-7,9,15,28-29,32,34H,3-4H2,1-2H3,(H2,24,33)(H,25,27). The van der Waals surface area contributed by atoms with Gasteiger partial charge in [-0.05, 0) is 44.5 Å². The molecule has 34 heavy (non-hydrogen) atoms. The number of benzene rings is 1. The minimum atomic E-state index is -2.71. The Balaban J connectivity index is 1.98. The molecule has 3 aliphatic rings. The zero-order valence-corrected chi connectivity index (χ0v) is 18.9. The van der Waals surface area contributed by atoms with E-state index in [-0.39, 0.29) is 41.1 Å². The normalized spacial score (nSPS) is 28.4. The van der Waals surface area contributed by atoms with E-state index in [1.165, 1.54) is 25.1 Å². The van der Waals surface area contributed by atoms with Gasteiger partial charge in [0.15, 0.2) is 17.1 Å². The predicted molar refractivity (Wildman–Crippen MR) is 119 cm³/mol. The number of anilines is 1. The van der Waals surface area contributed by atoms with Crippen LogP contribution in [0.5, 0.6) is 5.75 Å². The quantitative estimate of drug-likeness (QED) is 0.194. The number of phenolic OH excluding ortho intramolecular Hbond substituents is 1. The molecule has 4 unspecified atom stereocenters.